The lowest BCUT2D eigenvalue weighted by Crippen LogP contribution is -2.46. The maximum atomic E-state index is 10.4. The molecule has 0 spiro atoms. The van der Waals surface area contributed by atoms with Gasteiger partial charge < -0.3 is 14.6 Å². The van der Waals surface area contributed by atoms with Gasteiger partial charge in [-0.2, -0.15) is 0 Å². The molecule has 16 heavy (non-hydrogen) atoms. The molecule has 88 valence electrons. The molecule has 0 aliphatic heterocycles. The second kappa shape index (κ2) is 4.44. The highest BCUT2D eigenvalue weighted by Crippen LogP contribution is 2.46. The Morgan fingerprint density at radius 1 is 1.38 bits per heavy atom. The van der Waals surface area contributed by atoms with Crippen LogP contribution in [0.3, 0.4) is 0 Å². The topological polar surface area (TPSA) is 38.7 Å². The zero-order chi connectivity index (χ0) is 11.6. The van der Waals surface area contributed by atoms with Crippen LogP contribution in [0.15, 0.2) is 24.3 Å². The number of hydrogen-bond acceptors (Lipinski definition) is 3. The van der Waals surface area contributed by atoms with Crippen LogP contribution in [-0.2, 0) is 10.3 Å². The average molecular weight is 222 g/mol. The first-order chi connectivity index (χ1) is 7.69. The van der Waals surface area contributed by atoms with Crippen LogP contribution in [0, 0.1) is 0 Å². The lowest BCUT2D eigenvalue weighted by Gasteiger charge is -2.43. The molecule has 0 heterocycles. The minimum Gasteiger partial charge on any atom is -0.496 e. The van der Waals surface area contributed by atoms with Gasteiger partial charge in [-0.25, -0.2) is 0 Å². The van der Waals surface area contributed by atoms with E-state index in [-0.39, 0.29) is 6.10 Å². The molecule has 3 nitrogen and oxygen atoms in total. The maximum Gasteiger partial charge on any atom is 0.124 e. The zero-order valence-electron chi connectivity index (χ0n) is 9.77. The van der Waals surface area contributed by atoms with Crippen molar-refractivity contribution in [2.24, 2.45) is 0 Å². The van der Waals surface area contributed by atoms with Crippen LogP contribution < -0.4 is 4.74 Å². The molecule has 1 aromatic rings. The van der Waals surface area contributed by atoms with Crippen LogP contribution in [0.4, 0.5) is 0 Å². The maximum absolute atomic E-state index is 10.4. The Kier molecular flexibility index (Phi) is 3.17. The third-order valence-corrected chi connectivity index (χ3v) is 3.14. The Morgan fingerprint density at radius 2 is 2.06 bits per heavy atom. The Balaban J connectivity index is 2.13. The second-order valence-corrected chi connectivity index (χ2v) is 4.22. The van der Waals surface area contributed by atoms with Crippen molar-refractivity contribution in [2.75, 3.05) is 13.7 Å². The first-order valence-corrected chi connectivity index (χ1v) is 5.67. The van der Waals surface area contributed by atoms with Gasteiger partial charge >= 0.3 is 0 Å². The fraction of sp³-hybridized carbons (Fsp3) is 0.538. The molecule has 1 aliphatic rings. The molecule has 1 N–H and O–H groups in total. The highest BCUT2D eigenvalue weighted by Gasteiger charge is 2.46. The number of hydrogen-bond donors (Lipinski definition) is 1. The summed E-state index contributed by atoms with van der Waals surface area (Å²) in [5, 5.41) is 10.4. The summed E-state index contributed by atoms with van der Waals surface area (Å²) < 4.78 is 10.7. The van der Waals surface area contributed by atoms with Crippen molar-refractivity contribution in [3.05, 3.63) is 29.8 Å². The first kappa shape index (κ1) is 11.4. The summed E-state index contributed by atoms with van der Waals surface area (Å²) >= 11 is 0. The van der Waals surface area contributed by atoms with Crippen LogP contribution in [-0.4, -0.2) is 24.9 Å². The second-order valence-electron chi connectivity index (χ2n) is 4.22. The van der Waals surface area contributed by atoms with Gasteiger partial charge in [-0.1, -0.05) is 18.2 Å². The van der Waals surface area contributed by atoms with Gasteiger partial charge in [0.05, 0.1) is 18.8 Å². The van der Waals surface area contributed by atoms with Gasteiger partial charge in [0.1, 0.15) is 5.75 Å². The van der Waals surface area contributed by atoms with Gasteiger partial charge in [0, 0.05) is 25.0 Å². The van der Waals surface area contributed by atoms with Crippen molar-refractivity contribution >= 4 is 0 Å². The molecule has 1 aromatic carbocycles. The molecule has 3 heteroatoms. The Labute approximate surface area is 96.0 Å². The fourth-order valence-electron chi connectivity index (χ4n) is 2.30. The number of para-hydroxylation sites is 1. The van der Waals surface area contributed by atoms with E-state index in [0.29, 0.717) is 19.4 Å². The summed E-state index contributed by atoms with van der Waals surface area (Å²) in [6.45, 7) is 2.67. The normalized spacial score (nSPS) is 28.6. The molecule has 0 atom stereocenters. The van der Waals surface area contributed by atoms with Gasteiger partial charge in [0.2, 0.25) is 0 Å². The third kappa shape index (κ3) is 1.93. The molecule has 0 bridgehead atoms. The Hall–Kier alpha value is -1.06. The standard InChI is InChI=1S/C13H18O3/c1-3-16-10-8-13(14,9-10)11-6-4-5-7-12(11)15-2/h4-7,10,14H,3,8-9H2,1-2H3. The molecule has 2 rings (SSSR count). The quantitative estimate of drug-likeness (QED) is 0.847. The molecule has 1 fully saturated rings. The van der Waals surface area contributed by atoms with Crippen molar-refractivity contribution in [3.63, 3.8) is 0 Å². The zero-order valence-corrected chi connectivity index (χ0v) is 9.77. The van der Waals surface area contributed by atoms with Crippen molar-refractivity contribution in [1.29, 1.82) is 0 Å². The van der Waals surface area contributed by atoms with Crippen molar-refractivity contribution in [2.45, 2.75) is 31.5 Å². The Morgan fingerprint density at radius 3 is 2.69 bits per heavy atom. The summed E-state index contributed by atoms with van der Waals surface area (Å²) in [5.74, 6) is 0.750. The number of methoxy groups -OCH3 is 1. The molecular formula is C13H18O3. The van der Waals surface area contributed by atoms with E-state index in [1.165, 1.54) is 0 Å². The van der Waals surface area contributed by atoms with Gasteiger partial charge in [-0.15, -0.1) is 0 Å². The van der Waals surface area contributed by atoms with Gasteiger partial charge in [-0.05, 0) is 13.0 Å². The molecule has 0 aromatic heterocycles. The number of benzene rings is 1. The first-order valence-electron chi connectivity index (χ1n) is 5.67. The predicted molar refractivity (Wildman–Crippen MR) is 61.5 cm³/mol. The lowest BCUT2D eigenvalue weighted by atomic mass is 9.72. The average Bonchev–Trinajstić information content (AvgIpc) is 2.27. The minimum atomic E-state index is -0.771. The SMILES string of the molecule is CCOC1CC(O)(c2ccccc2OC)C1. The Bertz CT molecular complexity index is 356. The van der Waals surface area contributed by atoms with Crippen molar-refractivity contribution in [3.8, 4) is 5.75 Å². The summed E-state index contributed by atoms with van der Waals surface area (Å²) in [4.78, 5) is 0. The van der Waals surface area contributed by atoms with Gasteiger partial charge in [0.25, 0.3) is 0 Å². The molecule has 0 radical (unpaired) electrons. The van der Waals surface area contributed by atoms with E-state index in [1.807, 2.05) is 31.2 Å². The lowest BCUT2D eigenvalue weighted by molar-refractivity contribution is -0.143. The largest absolute Gasteiger partial charge is 0.496 e. The van der Waals surface area contributed by atoms with E-state index >= 15 is 0 Å². The van der Waals surface area contributed by atoms with E-state index in [0.717, 1.165) is 11.3 Å². The molecule has 1 saturated carbocycles. The molecule has 0 saturated heterocycles. The van der Waals surface area contributed by atoms with E-state index in [9.17, 15) is 5.11 Å². The van der Waals surface area contributed by atoms with E-state index in [4.69, 9.17) is 9.47 Å². The summed E-state index contributed by atoms with van der Waals surface area (Å²) in [6, 6.07) is 7.62. The van der Waals surface area contributed by atoms with Crippen LogP contribution in [0.1, 0.15) is 25.3 Å². The van der Waals surface area contributed by atoms with Crippen LogP contribution in [0.2, 0.25) is 0 Å². The highest BCUT2D eigenvalue weighted by atomic mass is 16.5. The van der Waals surface area contributed by atoms with Crippen molar-refractivity contribution in [1.82, 2.24) is 0 Å². The molecule has 1 aliphatic carbocycles. The smallest absolute Gasteiger partial charge is 0.124 e. The van der Waals surface area contributed by atoms with Crippen LogP contribution in [0.25, 0.3) is 0 Å². The van der Waals surface area contributed by atoms with E-state index in [2.05, 4.69) is 0 Å². The number of rotatable bonds is 4. The number of ether oxygens (including phenoxy) is 2. The van der Waals surface area contributed by atoms with Crippen LogP contribution >= 0.6 is 0 Å². The summed E-state index contributed by atoms with van der Waals surface area (Å²) in [5.41, 5.74) is 0.0975. The molecular weight excluding hydrogens is 204 g/mol. The van der Waals surface area contributed by atoms with Crippen LogP contribution in [0.5, 0.6) is 5.75 Å². The van der Waals surface area contributed by atoms with E-state index in [1.54, 1.807) is 7.11 Å². The van der Waals surface area contributed by atoms with Crippen molar-refractivity contribution < 1.29 is 14.6 Å². The third-order valence-electron chi connectivity index (χ3n) is 3.14. The summed E-state index contributed by atoms with van der Waals surface area (Å²) in [6.07, 6.45) is 1.49. The summed E-state index contributed by atoms with van der Waals surface area (Å²) in [7, 11) is 1.63. The van der Waals surface area contributed by atoms with Gasteiger partial charge in [0.15, 0.2) is 0 Å². The predicted octanol–water partition coefficient (Wildman–Crippen LogP) is 2.08. The van der Waals surface area contributed by atoms with E-state index < -0.39 is 5.60 Å². The minimum absolute atomic E-state index is 0.180. The molecule has 0 unspecified atom stereocenters. The number of aliphatic hydroxyl groups is 1. The highest BCUT2D eigenvalue weighted by molar-refractivity contribution is 5.39. The molecule has 0 amide bonds. The fourth-order valence-corrected chi connectivity index (χ4v) is 2.30. The monoisotopic (exact) mass is 222 g/mol. The van der Waals surface area contributed by atoms with Gasteiger partial charge in [-0.3, -0.25) is 0 Å².